The Morgan fingerprint density at radius 3 is 2.93 bits per heavy atom. The molecule has 0 saturated heterocycles. The third-order valence-corrected chi connectivity index (χ3v) is 5.84. The number of nitrogens with two attached hydrogens (primary N) is 1. The first-order chi connectivity index (χ1) is 13.1. The summed E-state index contributed by atoms with van der Waals surface area (Å²) < 4.78 is 1.82. The lowest BCUT2D eigenvalue weighted by atomic mass is 9.85. The summed E-state index contributed by atoms with van der Waals surface area (Å²) in [5.74, 6) is 0.232. The Kier molecular flexibility index (Phi) is 3.56. The van der Waals surface area contributed by atoms with Crippen LogP contribution in [0.25, 0.3) is 10.9 Å². The van der Waals surface area contributed by atoms with Crippen LogP contribution in [0.15, 0.2) is 30.5 Å². The zero-order chi connectivity index (χ0) is 18.5. The lowest BCUT2D eigenvalue weighted by Crippen LogP contribution is -2.42. The second kappa shape index (κ2) is 5.97. The highest BCUT2D eigenvalue weighted by Crippen LogP contribution is 2.37. The fourth-order valence-corrected chi connectivity index (χ4v) is 4.53. The minimum atomic E-state index is -0.483. The Balaban J connectivity index is 1.45. The van der Waals surface area contributed by atoms with E-state index in [4.69, 9.17) is 5.73 Å². The molecular formula is C20H21N5O2. The molecule has 0 bridgehead atoms. The number of aromatic nitrogens is 3. The third kappa shape index (κ3) is 2.45. The van der Waals surface area contributed by atoms with E-state index in [0.717, 1.165) is 36.3 Å². The molecule has 2 aliphatic rings. The first-order valence-corrected chi connectivity index (χ1v) is 9.36. The molecule has 1 aromatic carbocycles. The van der Waals surface area contributed by atoms with Crippen molar-refractivity contribution >= 4 is 22.7 Å². The smallest absolute Gasteiger partial charge is 0.266 e. The van der Waals surface area contributed by atoms with Crippen LogP contribution >= 0.6 is 0 Å². The van der Waals surface area contributed by atoms with Gasteiger partial charge in [0.15, 0.2) is 0 Å². The lowest BCUT2D eigenvalue weighted by molar-refractivity contribution is -0.134. The van der Waals surface area contributed by atoms with Gasteiger partial charge in [-0.2, -0.15) is 0 Å². The largest absolute Gasteiger partial charge is 0.364 e. The molecule has 7 heteroatoms. The highest BCUT2D eigenvalue weighted by Gasteiger charge is 2.34. The van der Waals surface area contributed by atoms with Gasteiger partial charge in [0.05, 0.1) is 18.7 Å². The van der Waals surface area contributed by atoms with E-state index in [1.165, 1.54) is 17.1 Å². The topological polar surface area (TPSA) is 97.0 Å². The number of hydrogen-bond acceptors (Lipinski definition) is 3. The van der Waals surface area contributed by atoms with E-state index < -0.39 is 5.91 Å². The molecule has 0 radical (unpaired) electrons. The number of carbonyl (C=O) groups is 2. The average molecular weight is 363 g/mol. The Morgan fingerprint density at radius 2 is 2.07 bits per heavy atom. The molecule has 27 heavy (non-hydrogen) atoms. The number of rotatable bonds is 2. The van der Waals surface area contributed by atoms with Gasteiger partial charge in [-0.05, 0) is 30.9 Å². The van der Waals surface area contributed by atoms with Gasteiger partial charge in [-0.25, -0.2) is 4.98 Å². The van der Waals surface area contributed by atoms with Crippen molar-refractivity contribution in [2.75, 3.05) is 6.54 Å². The summed E-state index contributed by atoms with van der Waals surface area (Å²) in [5, 5.41) is 1.23. The van der Waals surface area contributed by atoms with Crippen LogP contribution in [0, 0.1) is 0 Å². The molecule has 1 aliphatic heterocycles. The number of imidazole rings is 1. The summed E-state index contributed by atoms with van der Waals surface area (Å²) in [6, 6.07) is 8.25. The fourth-order valence-electron chi connectivity index (χ4n) is 4.53. The molecule has 1 aliphatic carbocycles. The van der Waals surface area contributed by atoms with Gasteiger partial charge in [-0.1, -0.05) is 18.2 Å². The van der Waals surface area contributed by atoms with Crippen molar-refractivity contribution in [2.24, 2.45) is 5.73 Å². The number of aromatic amines is 1. The monoisotopic (exact) mass is 363 g/mol. The molecule has 138 valence electrons. The molecule has 3 aromatic rings. The molecule has 0 unspecified atom stereocenters. The summed E-state index contributed by atoms with van der Waals surface area (Å²) >= 11 is 0. The normalized spacial score (nSPS) is 19.0. The molecule has 7 nitrogen and oxygen atoms in total. The number of aryl methyl sites for hydroxylation is 1. The third-order valence-electron chi connectivity index (χ3n) is 5.84. The summed E-state index contributed by atoms with van der Waals surface area (Å²) in [7, 11) is 0. The average Bonchev–Trinajstić information content (AvgIpc) is 3.28. The van der Waals surface area contributed by atoms with E-state index in [9.17, 15) is 9.59 Å². The quantitative estimate of drug-likeness (QED) is 0.728. The summed E-state index contributed by atoms with van der Waals surface area (Å²) in [4.78, 5) is 34.5. The van der Waals surface area contributed by atoms with Crippen LogP contribution < -0.4 is 5.73 Å². The van der Waals surface area contributed by atoms with Crippen LogP contribution in [-0.2, 0) is 24.3 Å². The Hall–Kier alpha value is -3.09. The number of carbonyl (C=O) groups excluding carboxylic acids is 2. The minimum absolute atomic E-state index is 0.136. The fraction of sp³-hybridized carbons (Fsp3) is 0.350. The van der Waals surface area contributed by atoms with E-state index in [1.54, 1.807) is 0 Å². The van der Waals surface area contributed by atoms with Crippen molar-refractivity contribution < 1.29 is 9.59 Å². The van der Waals surface area contributed by atoms with Crippen molar-refractivity contribution in [2.45, 2.75) is 38.3 Å². The molecule has 0 saturated carbocycles. The molecule has 1 atom stereocenters. The van der Waals surface area contributed by atoms with Crippen LogP contribution in [0.1, 0.15) is 46.3 Å². The predicted octanol–water partition coefficient (Wildman–Crippen LogP) is 1.93. The number of nitrogens with one attached hydrogen (secondary N) is 1. The predicted molar refractivity (Wildman–Crippen MR) is 100 cm³/mol. The second-order valence-corrected chi connectivity index (χ2v) is 7.34. The highest BCUT2D eigenvalue weighted by molar-refractivity contribution is 5.92. The van der Waals surface area contributed by atoms with Gasteiger partial charge in [0, 0.05) is 29.7 Å². The van der Waals surface area contributed by atoms with Gasteiger partial charge < -0.3 is 20.2 Å². The number of hydrogen-bond donors (Lipinski definition) is 2. The number of amides is 2. The first-order valence-electron chi connectivity index (χ1n) is 9.36. The summed E-state index contributed by atoms with van der Waals surface area (Å²) in [5.41, 5.74) is 9.26. The maximum absolute atomic E-state index is 13.3. The van der Waals surface area contributed by atoms with Crippen molar-refractivity contribution in [1.82, 2.24) is 19.4 Å². The first kappa shape index (κ1) is 16.1. The molecular weight excluding hydrogens is 342 g/mol. The van der Waals surface area contributed by atoms with Gasteiger partial charge >= 0.3 is 0 Å². The minimum Gasteiger partial charge on any atom is -0.364 e. The molecule has 3 N–H and O–H groups in total. The molecule has 2 aromatic heterocycles. The van der Waals surface area contributed by atoms with E-state index >= 15 is 0 Å². The van der Waals surface area contributed by atoms with Gasteiger partial charge in [0.1, 0.15) is 11.5 Å². The number of nitrogens with zero attached hydrogens (tertiary/aromatic N) is 3. The lowest BCUT2D eigenvalue weighted by Gasteiger charge is -2.32. The van der Waals surface area contributed by atoms with Crippen LogP contribution in [0.3, 0.4) is 0 Å². The standard InChI is InChI=1S/C20H21N5O2/c21-19(26)16-10-22-17-11-24(8-9-25(16)17)20(27)14-6-3-5-13-12-4-1-2-7-15(12)23-18(13)14/h1-2,4,7,10,14,23H,3,5-6,8-9,11H2,(H2,21,26)/t14-/m1/s1. The Bertz CT molecular complexity index is 1060. The Labute approximate surface area is 156 Å². The number of benzene rings is 1. The molecule has 0 fully saturated rings. The van der Waals surface area contributed by atoms with E-state index in [2.05, 4.69) is 22.1 Å². The molecule has 0 spiro atoms. The number of para-hydroxylation sites is 1. The van der Waals surface area contributed by atoms with Crippen LogP contribution in [0.5, 0.6) is 0 Å². The Morgan fingerprint density at radius 1 is 1.22 bits per heavy atom. The van der Waals surface area contributed by atoms with Crippen LogP contribution in [0.4, 0.5) is 0 Å². The number of H-pyrrole nitrogens is 1. The SMILES string of the molecule is NC(=O)c1cnc2n1CCN(C(=O)[C@@H]1CCCc3c1[nH]c1ccccc31)C2. The maximum atomic E-state index is 13.3. The van der Waals surface area contributed by atoms with Gasteiger partial charge in [-0.15, -0.1) is 0 Å². The van der Waals surface area contributed by atoms with Gasteiger partial charge in [-0.3, -0.25) is 9.59 Å². The van der Waals surface area contributed by atoms with Crippen molar-refractivity contribution in [3.8, 4) is 0 Å². The van der Waals surface area contributed by atoms with Crippen molar-refractivity contribution in [1.29, 1.82) is 0 Å². The zero-order valence-electron chi connectivity index (χ0n) is 14.9. The van der Waals surface area contributed by atoms with Gasteiger partial charge in [0.25, 0.3) is 5.91 Å². The van der Waals surface area contributed by atoms with Crippen molar-refractivity contribution in [3.63, 3.8) is 0 Å². The molecule has 2 amide bonds. The molecule has 5 rings (SSSR count). The van der Waals surface area contributed by atoms with E-state index in [0.29, 0.717) is 25.3 Å². The molecule has 3 heterocycles. The highest BCUT2D eigenvalue weighted by atomic mass is 16.2. The number of primary amides is 1. The van der Waals surface area contributed by atoms with Crippen molar-refractivity contribution in [3.05, 3.63) is 53.2 Å². The van der Waals surface area contributed by atoms with E-state index in [1.807, 2.05) is 21.6 Å². The number of fused-ring (bicyclic) bond motifs is 4. The zero-order valence-corrected chi connectivity index (χ0v) is 14.9. The summed E-state index contributed by atoms with van der Waals surface area (Å²) in [6.45, 7) is 1.53. The van der Waals surface area contributed by atoms with Gasteiger partial charge in [0.2, 0.25) is 5.91 Å². The maximum Gasteiger partial charge on any atom is 0.266 e. The van der Waals surface area contributed by atoms with E-state index in [-0.39, 0.29) is 11.8 Å². The van der Waals surface area contributed by atoms with Crippen LogP contribution in [-0.4, -0.2) is 37.8 Å². The second-order valence-electron chi connectivity index (χ2n) is 7.34. The van der Waals surface area contributed by atoms with Crippen LogP contribution in [0.2, 0.25) is 0 Å². The summed E-state index contributed by atoms with van der Waals surface area (Å²) in [6.07, 6.45) is 4.38.